The molecule has 2 aliphatic carbocycles. The summed E-state index contributed by atoms with van der Waals surface area (Å²) in [6.45, 7) is 0.160. The Bertz CT molecular complexity index is 947. The first kappa shape index (κ1) is 16.8. The maximum Gasteiger partial charge on any atom is 0.231 e. The number of ether oxygens (including phenoxy) is 5. The predicted octanol–water partition coefficient (Wildman–Crippen LogP) is 1.06. The van der Waals surface area contributed by atoms with Gasteiger partial charge >= 0.3 is 0 Å². The van der Waals surface area contributed by atoms with Gasteiger partial charge in [0.15, 0.2) is 23.4 Å². The van der Waals surface area contributed by atoms with E-state index in [2.05, 4.69) is 0 Å². The molecular weight excluding hydrogens is 366 g/mol. The molecule has 8 heteroatoms. The summed E-state index contributed by atoms with van der Waals surface area (Å²) in [4.78, 5) is 28.0. The van der Waals surface area contributed by atoms with Crippen molar-refractivity contribution in [2.45, 2.75) is 48.2 Å². The number of Topliss-reactive ketones (excluding diaryl/α,β-unsaturated/α-hetero) is 1. The maximum atomic E-state index is 13.2. The molecule has 0 aromatic heterocycles. The van der Waals surface area contributed by atoms with Crippen LogP contribution in [0.3, 0.4) is 0 Å². The van der Waals surface area contributed by atoms with Crippen LogP contribution >= 0.6 is 0 Å². The molecule has 6 rings (SSSR count). The first-order chi connectivity index (χ1) is 13.4. The van der Waals surface area contributed by atoms with E-state index in [0.717, 1.165) is 11.1 Å². The lowest BCUT2D eigenvalue weighted by molar-refractivity contribution is -0.308. The van der Waals surface area contributed by atoms with Gasteiger partial charge in [0, 0.05) is 45.9 Å². The third-order valence-corrected chi connectivity index (χ3v) is 7.63. The molecule has 0 unspecified atom stereocenters. The second kappa shape index (κ2) is 4.87. The standard InChI is InChI=1S/C20H21NO7/c1-21-16(23)8-18-6-12(22)17(24-2)20(25-3)19(18,21)7-15(28-20)10-4-13-14(5-11(10)18)27-9-26-13/h4-5,15,17H,6-9H2,1-3H3/t15-,17-,18-,19+,20-/m1/s1. The van der Waals surface area contributed by atoms with Crippen molar-refractivity contribution in [2.24, 2.45) is 0 Å². The molecule has 1 spiro atoms. The number of hydrogen-bond donors (Lipinski definition) is 0. The van der Waals surface area contributed by atoms with Crippen LogP contribution in [-0.4, -0.2) is 62.1 Å². The van der Waals surface area contributed by atoms with Crippen molar-refractivity contribution in [2.75, 3.05) is 28.1 Å². The average molecular weight is 387 g/mol. The molecule has 2 bridgehead atoms. The lowest BCUT2D eigenvalue weighted by Gasteiger charge is -2.58. The van der Waals surface area contributed by atoms with Gasteiger partial charge in [0.2, 0.25) is 18.5 Å². The van der Waals surface area contributed by atoms with Crippen molar-refractivity contribution in [3.8, 4) is 11.5 Å². The first-order valence-electron chi connectivity index (χ1n) is 9.43. The molecule has 1 amide bonds. The van der Waals surface area contributed by atoms with Crippen LogP contribution in [0.5, 0.6) is 11.5 Å². The van der Waals surface area contributed by atoms with E-state index in [1.54, 1.807) is 11.9 Å². The van der Waals surface area contributed by atoms with E-state index in [1.165, 1.54) is 14.2 Å². The topological polar surface area (TPSA) is 83.5 Å². The third-order valence-electron chi connectivity index (χ3n) is 7.63. The Labute approximate surface area is 161 Å². The lowest BCUT2D eigenvalue weighted by Crippen LogP contribution is -2.77. The van der Waals surface area contributed by atoms with E-state index in [4.69, 9.17) is 23.7 Å². The SMILES string of the molecule is CO[C@@H]1C(=O)C[C@]23CC(=O)N(C)[C@@]24C[C@@H](O[C@]14OC)c1cc2c(cc13)OCO2. The number of likely N-dealkylation sites (N-methyl/N-ethyl adjacent to an activating group) is 1. The molecule has 1 aromatic carbocycles. The molecule has 8 nitrogen and oxygen atoms in total. The van der Waals surface area contributed by atoms with E-state index in [1.807, 2.05) is 12.1 Å². The first-order valence-corrected chi connectivity index (χ1v) is 9.43. The minimum absolute atomic E-state index is 0.0271. The van der Waals surface area contributed by atoms with Crippen LogP contribution in [0.2, 0.25) is 0 Å². The van der Waals surface area contributed by atoms with Gasteiger partial charge in [-0.1, -0.05) is 0 Å². The average Bonchev–Trinajstić information content (AvgIpc) is 3.33. The van der Waals surface area contributed by atoms with Gasteiger partial charge in [-0.05, 0) is 23.3 Å². The zero-order valence-electron chi connectivity index (χ0n) is 15.9. The Morgan fingerprint density at radius 1 is 1.14 bits per heavy atom. The van der Waals surface area contributed by atoms with Crippen molar-refractivity contribution in [1.29, 1.82) is 0 Å². The number of rotatable bonds is 2. The van der Waals surface area contributed by atoms with Crippen LogP contribution in [0.15, 0.2) is 12.1 Å². The third kappa shape index (κ3) is 1.44. The van der Waals surface area contributed by atoms with Gasteiger partial charge in [0.1, 0.15) is 5.54 Å². The highest BCUT2D eigenvalue weighted by Crippen LogP contribution is 2.72. The summed E-state index contributed by atoms with van der Waals surface area (Å²) in [6, 6.07) is 3.86. The van der Waals surface area contributed by atoms with Crippen LogP contribution in [0.1, 0.15) is 36.5 Å². The Morgan fingerprint density at radius 2 is 1.89 bits per heavy atom. The molecule has 3 heterocycles. The highest BCUT2D eigenvalue weighted by Gasteiger charge is 2.84. The number of nitrogens with zero attached hydrogens (tertiary/aromatic N) is 1. The number of ketones is 1. The molecule has 0 radical (unpaired) electrons. The maximum absolute atomic E-state index is 13.2. The number of amides is 1. The largest absolute Gasteiger partial charge is 0.454 e. The highest BCUT2D eigenvalue weighted by atomic mass is 16.7. The van der Waals surface area contributed by atoms with Crippen molar-refractivity contribution >= 4 is 11.7 Å². The van der Waals surface area contributed by atoms with Crippen molar-refractivity contribution in [3.05, 3.63) is 23.3 Å². The highest BCUT2D eigenvalue weighted by molar-refractivity contribution is 5.94. The Balaban J connectivity index is 1.71. The summed E-state index contributed by atoms with van der Waals surface area (Å²) in [5.74, 6) is -0.217. The monoisotopic (exact) mass is 387 g/mol. The minimum atomic E-state index is -1.37. The summed E-state index contributed by atoms with van der Waals surface area (Å²) in [5.41, 5.74) is 0.273. The van der Waals surface area contributed by atoms with E-state index >= 15 is 0 Å². The van der Waals surface area contributed by atoms with Gasteiger partial charge in [-0.3, -0.25) is 9.59 Å². The summed E-state index contributed by atoms with van der Waals surface area (Å²) >= 11 is 0. The number of carbonyl (C=O) groups is 2. The molecule has 3 aliphatic heterocycles. The second-order valence-corrected chi connectivity index (χ2v) is 8.31. The number of methoxy groups -OCH3 is 2. The van der Waals surface area contributed by atoms with Crippen molar-refractivity contribution in [1.82, 2.24) is 4.90 Å². The number of benzene rings is 1. The Morgan fingerprint density at radius 3 is 2.61 bits per heavy atom. The molecule has 148 valence electrons. The van der Waals surface area contributed by atoms with E-state index < -0.39 is 22.8 Å². The molecule has 3 fully saturated rings. The van der Waals surface area contributed by atoms with E-state index in [-0.39, 0.29) is 37.4 Å². The molecule has 5 aliphatic rings. The van der Waals surface area contributed by atoms with Crippen LogP contribution in [-0.2, 0) is 29.2 Å². The second-order valence-electron chi connectivity index (χ2n) is 8.31. The molecule has 2 saturated heterocycles. The van der Waals surface area contributed by atoms with Crippen molar-refractivity contribution in [3.63, 3.8) is 0 Å². The zero-order valence-corrected chi connectivity index (χ0v) is 15.9. The normalized spacial score (nSPS) is 42.0. The predicted molar refractivity (Wildman–Crippen MR) is 93.0 cm³/mol. The van der Waals surface area contributed by atoms with Crippen LogP contribution < -0.4 is 9.47 Å². The number of carbonyl (C=O) groups excluding carboxylic acids is 2. The number of fused-ring (bicyclic) bond motifs is 4. The molecular formula is C20H21NO7. The molecule has 0 N–H and O–H groups in total. The number of likely N-dealkylation sites (tertiary alicyclic amines) is 1. The molecule has 1 aromatic rings. The molecule has 5 atom stereocenters. The quantitative estimate of drug-likeness (QED) is 0.750. The van der Waals surface area contributed by atoms with Crippen LogP contribution in [0.4, 0.5) is 0 Å². The summed E-state index contributed by atoms with van der Waals surface area (Å²) in [7, 11) is 4.79. The van der Waals surface area contributed by atoms with Gasteiger partial charge in [0.25, 0.3) is 0 Å². The molecule has 1 saturated carbocycles. The Hall–Kier alpha value is -2.16. The van der Waals surface area contributed by atoms with E-state index in [9.17, 15) is 9.59 Å². The smallest absolute Gasteiger partial charge is 0.231 e. The number of hydrogen-bond acceptors (Lipinski definition) is 7. The molecule has 28 heavy (non-hydrogen) atoms. The fourth-order valence-electron chi connectivity index (χ4n) is 6.64. The fourth-order valence-corrected chi connectivity index (χ4v) is 6.64. The fraction of sp³-hybridized carbons (Fsp3) is 0.600. The van der Waals surface area contributed by atoms with Gasteiger partial charge < -0.3 is 28.6 Å². The van der Waals surface area contributed by atoms with Gasteiger partial charge in [-0.2, -0.15) is 0 Å². The summed E-state index contributed by atoms with van der Waals surface area (Å²) < 4.78 is 29.3. The van der Waals surface area contributed by atoms with Crippen LogP contribution in [0.25, 0.3) is 0 Å². The van der Waals surface area contributed by atoms with Crippen molar-refractivity contribution < 1.29 is 33.3 Å². The minimum Gasteiger partial charge on any atom is -0.454 e. The summed E-state index contributed by atoms with van der Waals surface area (Å²) in [5, 5.41) is 0. The van der Waals surface area contributed by atoms with Gasteiger partial charge in [0.05, 0.1) is 6.10 Å². The van der Waals surface area contributed by atoms with Gasteiger partial charge in [-0.15, -0.1) is 0 Å². The van der Waals surface area contributed by atoms with Gasteiger partial charge in [-0.25, -0.2) is 0 Å². The van der Waals surface area contributed by atoms with E-state index in [0.29, 0.717) is 17.9 Å². The zero-order chi connectivity index (χ0) is 19.5. The van der Waals surface area contributed by atoms with Crippen LogP contribution in [0, 0.1) is 0 Å². The summed E-state index contributed by atoms with van der Waals surface area (Å²) in [6.07, 6.45) is -0.287. The lowest BCUT2D eigenvalue weighted by atomic mass is 9.51. The Kier molecular flexibility index (Phi) is 2.92.